The molecule has 0 heterocycles. The Labute approximate surface area is 82.4 Å². The largest absolute Gasteiger partial charge is 0.370 e. The molecular weight excluding hydrogens is 184 g/mol. The van der Waals surface area contributed by atoms with Crippen LogP contribution < -0.4 is 11.5 Å². The molecule has 0 aliphatic rings. The molecule has 0 fully saturated rings. The lowest BCUT2D eigenvalue weighted by atomic mass is 10.2. The van der Waals surface area contributed by atoms with Crippen molar-refractivity contribution in [1.29, 1.82) is 5.26 Å². The summed E-state index contributed by atoms with van der Waals surface area (Å²) in [5, 5.41) is 8.29. The van der Waals surface area contributed by atoms with Gasteiger partial charge in [0.15, 0.2) is 0 Å². The minimum atomic E-state index is -0.906. The maximum atomic E-state index is 11.4. The van der Waals surface area contributed by atoms with Gasteiger partial charge in [-0.25, -0.2) is 0 Å². The molecule has 0 aliphatic heterocycles. The summed E-state index contributed by atoms with van der Waals surface area (Å²) < 4.78 is 0. The van der Waals surface area contributed by atoms with E-state index < -0.39 is 11.9 Å². The molecule has 0 aromatic carbocycles. The smallest absolute Gasteiger partial charge is 0.239 e. The Kier molecular flexibility index (Phi) is 5.26. The molecular formula is C8H14N4O2. The van der Waals surface area contributed by atoms with Crippen LogP contribution in [0, 0.1) is 11.3 Å². The molecule has 0 aliphatic carbocycles. The van der Waals surface area contributed by atoms with Gasteiger partial charge in [0, 0.05) is 13.6 Å². The maximum absolute atomic E-state index is 11.4. The first-order valence-corrected chi connectivity index (χ1v) is 4.14. The van der Waals surface area contributed by atoms with Gasteiger partial charge in [0.25, 0.3) is 0 Å². The third kappa shape index (κ3) is 4.42. The van der Waals surface area contributed by atoms with E-state index in [1.807, 2.05) is 6.07 Å². The molecule has 14 heavy (non-hydrogen) atoms. The summed E-state index contributed by atoms with van der Waals surface area (Å²) in [6.45, 7) is 0.307. The summed E-state index contributed by atoms with van der Waals surface area (Å²) >= 11 is 0. The fraction of sp³-hybridized carbons (Fsp3) is 0.625. The van der Waals surface area contributed by atoms with E-state index in [0.29, 0.717) is 6.54 Å². The van der Waals surface area contributed by atoms with Crippen LogP contribution in [0.1, 0.15) is 12.8 Å². The fourth-order valence-electron chi connectivity index (χ4n) is 0.915. The highest BCUT2D eigenvalue weighted by Crippen LogP contribution is 1.95. The third-order valence-electron chi connectivity index (χ3n) is 1.67. The number of carbonyl (C=O) groups is 2. The zero-order chi connectivity index (χ0) is 11.1. The molecule has 0 aromatic rings. The van der Waals surface area contributed by atoms with Crippen LogP contribution in [0.4, 0.5) is 0 Å². The zero-order valence-electron chi connectivity index (χ0n) is 8.06. The summed E-state index contributed by atoms with van der Waals surface area (Å²) in [7, 11) is 1.53. The van der Waals surface area contributed by atoms with Gasteiger partial charge in [-0.3, -0.25) is 9.59 Å². The zero-order valence-corrected chi connectivity index (χ0v) is 8.06. The van der Waals surface area contributed by atoms with E-state index >= 15 is 0 Å². The van der Waals surface area contributed by atoms with Crippen molar-refractivity contribution in [2.75, 3.05) is 13.6 Å². The maximum Gasteiger partial charge on any atom is 0.239 e. The van der Waals surface area contributed by atoms with Crippen molar-refractivity contribution in [3.05, 3.63) is 0 Å². The van der Waals surface area contributed by atoms with Crippen LogP contribution in [0.5, 0.6) is 0 Å². The van der Waals surface area contributed by atoms with Crippen LogP contribution >= 0.6 is 0 Å². The van der Waals surface area contributed by atoms with Crippen molar-refractivity contribution in [2.24, 2.45) is 11.5 Å². The van der Waals surface area contributed by atoms with Crippen molar-refractivity contribution in [3.8, 4) is 6.07 Å². The third-order valence-corrected chi connectivity index (χ3v) is 1.67. The molecule has 0 saturated heterocycles. The SMILES string of the molecule is CN(CCC#N)C(=O)C(N)CC(N)=O. The summed E-state index contributed by atoms with van der Waals surface area (Å²) in [5.74, 6) is -0.987. The van der Waals surface area contributed by atoms with Crippen LogP contribution in [0.15, 0.2) is 0 Å². The number of amides is 2. The molecule has 0 aromatic heterocycles. The summed E-state index contributed by atoms with van der Waals surface area (Å²) in [6.07, 6.45) is 0.0707. The Morgan fingerprint density at radius 1 is 1.57 bits per heavy atom. The normalized spacial score (nSPS) is 11.5. The van der Waals surface area contributed by atoms with E-state index in [2.05, 4.69) is 0 Å². The number of hydrogen-bond acceptors (Lipinski definition) is 4. The Bertz CT molecular complexity index is 259. The minimum absolute atomic E-state index is 0.171. The molecule has 6 heteroatoms. The Morgan fingerprint density at radius 3 is 2.57 bits per heavy atom. The topological polar surface area (TPSA) is 113 Å². The van der Waals surface area contributed by atoms with Crippen LogP contribution in [-0.2, 0) is 9.59 Å². The quantitative estimate of drug-likeness (QED) is 0.563. The van der Waals surface area contributed by atoms with Gasteiger partial charge >= 0.3 is 0 Å². The molecule has 0 bridgehead atoms. The second-order valence-electron chi connectivity index (χ2n) is 2.94. The molecule has 0 radical (unpaired) electrons. The van der Waals surface area contributed by atoms with Crippen LogP contribution in [-0.4, -0.2) is 36.3 Å². The first-order valence-electron chi connectivity index (χ1n) is 4.14. The van der Waals surface area contributed by atoms with Gasteiger partial charge in [-0.15, -0.1) is 0 Å². The number of likely N-dealkylation sites (N-methyl/N-ethyl adjacent to an activating group) is 1. The van der Waals surface area contributed by atoms with Gasteiger partial charge in [0.1, 0.15) is 0 Å². The van der Waals surface area contributed by atoms with Gasteiger partial charge in [-0.2, -0.15) is 5.26 Å². The van der Waals surface area contributed by atoms with Crippen LogP contribution in [0.2, 0.25) is 0 Å². The molecule has 0 spiro atoms. The molecule has 1 unspecified atom stereocenters. The average molecular weight is 198 g/mol. The predicted octanol–water partition coefficient (Wildman–Crippen LogP) is -1.44. The van der Waals surface area contributed by atoms with Crippen molar-refractivity contribution in [2.45, 2.75) is 18.9 Å². The Morgan fingerprint density at radius 2 is 2.14 bits per heavy atom. The molecule has 78 valence electrons. The second kappa shape index (κ2) is 5.94. The van der Waals surface area contributed by atoms with Gasteiger partial charge < -0.3 is 16.4 Å². The highest BCUT2D eigenvalue weighted by molar-refractivity contribution is 5.87. The van der Waals surface area contributed by atoms with Gasteiger partial charge in [0.05, 0.1) is 25.0 Å². The first kappa shape index (κ1) is 12.4. The second-order valence-corrected chi connectivity index (χ2v) is 2.94. The number of hydrogen-bond donors (Lipinski definition) is 2. The molecule has 1 atom stereocenters. The van der Waals surface area contributed by atoms with E-state index in [4.69, 9.17) is 16.7 Å². The lowest BCUT2D eigenvalue weighted by Crippen LogP contribution is -2.44. The minimum Gasteiger partial charge on any atom is -0.370 e. The van der Waals surface area contributed by atoms with Gasteiger partial charge in [-0.05, 0) is 0 Å². The number of nitrogens with two attached hydrogens (primary N) is 2. The van der Waals surface area contributed by atoms with Crippen molar-refractivity contribution >= 4 is 11.8 Å². The fourth-order valence-corrected chi connectivity index (χ4v) is 0.915. The molecule has 0 rings (SSSR count). The molecule has 2 amide bonds. The lowest BCUT2D eigenvalue weighted by molar-refractivity contribution is -0.133. The van der Waals surface area contributed by atoms with E-state index in [9.17, 15) is 9.59 Å². The summed E-state index contributed by atoms with van der Waals surface area (Å²) in [5.41, 5.74) is 10.3. The van der Waals surface area contributed by atoms with Gasteiger partial charge in [-0.1, -0.05) is 0 Å². The van der Waals surface area contributed by atoms with E-state index in [1.54, 1.807) is 0 Å². The first-order chi connectivity index (χ1) is 6.49. The number of primary amides is 1. The molecule has 6 nitrogen and oxygen atoms in total. The standard InChI is InChI=1S/C8H14N4O2/c1-12(4-2-3-9)8(14)6(10)5-7(11)13/h6H,2,4-5,10H2,1H3,(H2,11,13). The summed E-state index contributed by atoms with van der Waals surface area (Å²) in [6, 6.07) is 1.00. The Balaban J connectivity index is 4.04. The van der Waals surface area contributed by atoms with Crippen molar-refractivity contribution in [1.82, 2.24) is 4.90 Å². The van der Waals surface area contributed by atoms with Gasteiger partial charge in [0.2, 0.25) is 11.8 Å². The predicted molar refractivity (Wildman–Crippen MR) is 49.7 cm³/mol. The number of carbonyl (C=O) groups excluding carboxylic acids is 2. The van der Waals surface area contributed by atoms with E-state index in [1.165, 1.54) is 11.9 Å². The number of nitriles is 1. The molecule has 0 saturated carbocycles. The molecule has 4 N–H and O–H groups in total. The lowest BCUT2D eigenvalue weighted by Gasteiger charge is -2.19. The summed E-state index contributed by atoms with van der Waals surface area (Å²) in [4.78, 5) is 23.2. The van der Waals surface area contributed by atoms with Crippen LogP contribution in [0.3, 0.4) is 0 Å². The number of rotatable bonds is 5. The highest BCUT2D eigenvalue weighted by atomic mass is 16.2. The average Bonchev–Trinajstić information content (AvgIpc) is 2.11. The van der Waals surface area contributed by atoms with E-state index in [-0.39, 0.29) is 18.7 Å². The van der Waals surface area contributed by atoms with Crippen molar-refractivity contribution < 1.29 is 9.59 Å². The van der Waals surface area contributed by atoms with E-state index in [0.717, 1.165) is 0 Å². The van der Waals surface area contributed by atoms with Crippen molar-refractivity contribution in [3.63, 3.8) is 0 Å². The number of nitrogens with zero attached hydrogens (tertiary/aromatic N) is 2. The monoisotopic (exact) mass is 198 g/mol. The van der Waals surface area contributed by atoms with Crippen LogP contribution in [0.25, 0.3) is 0 Å². The Hall–Kier alpha value is -1.61. The highest BCUT2D eigenvalue weighted by Gasteiger charge is 2.19.